The van der Waals surface area contributed by atoms with Gasteiger partial charge in [-0.05, 0) is 13.3 Å². The van der Waals surface area contributed by atoms with E-state index in [0.29, 0.717) is 28.9 Å². The standard InChI is InChI=1S/C12H12N2O3S/c1-2-17-12(16)7-6-18-10-9(7)11(15)14-5-3-4-8(14)13-10/h6H,2-5H2,1H3. The van der Waals surface area contributed by atoms with Gasteiger partial charge in [-0.15, -0.1) is 11.3 Å². The highest BCUT2D eigenvalue weighted by Crippen LogP contribution is 2.24. The van der Waals surface area contributed by atoms with Crippen LogP contribution in [0.15, 0.2) is 10.2 Å². The molecule has 0 saturated heterocycles. The summed E-state index contributed by atoms with van der Waals surface area (Å²) in [7, 11) is 0. The van der Waals surface area contributed by atoms with Crippen LogP contribution >= 0.6 is 11.3 Å². The predicted molar refractivity (Wildman–Crippen MR) is 68.2 cm³/mol. The second-order valence-electron chi connectivity index (χ2n) is 4.14. The molecule has 6 heteroatoms. The van der Waals surface area contributed by atoms with Gasteiger partial charge < -0.3 is 4.74 Å². The Labute approximate surface area is 107 Å². The minimum Gasteiger partial charge on any atom is -0.462 e. The van der Waals surface area contributed by atoms with Crippen LogP contribution in [0.2, 0.25) is 0 Å². The number of thiophene rings is 1. The Morgan fingerprint density at radius 3 is 3.22 bits per heavy atom. The van der Waals surface area contributed by atoms with Gasteiger partial charge in [0.25, 0.3) is 5.56 Å². The summed E-state index contributed by atoms with van der Waals surface area (Å²) in [6.45, 7) is 2.74. The SMILES string of the molecule is CCOC(=O)c1csc2nc3n(c(=O)c12)CCC3. The Morgan fingerprint density at radius 2 is 2.44 bits per heavy atom. The van der Waals surface area contributed by atoms with Gasteiger partial charge in [0, 0.05) is 18.3 Å². The second kappa shape index (κ2) is 4.20. The van der Waals surface area contributed by atoms with E-state index in [1.165, 1.54) is 11.3 Å². The Bertz CT molecular complexity index is 686. The normalized spacial score (nSPS) is 13.8. The lowest BCUT2D eigenvalue weighted by Crippen LogP contribution is -2.22. The zero-order chi connectivity index (χ0) is 12.7. The minimum atomic E-state index is -0.443. The van der Waals surface area contributed by atoms with Gasteiger partial charge in [-0.2, -0.15) is 0 Å². The van der Waals surface area contributed by atoms with Crippen molar-refractivity contribution in [1.29, 1.82) is 0 Å². The molecule has 0 saturated carbocycles. The summed E-state index contributed by atoms with van der Waals surface area (Å²) in [5, 5.41) is 2.07. The minimum absolute atomic E-state index is 0.114. The average Bonchev–Trinajstić information content (AvgIpc) is 2.95. The molecule has 5 nitrogen and oxygen atoms in total. The lowest BCUT2D eigenvalue weighted by molar-refractivity contribution is 0.0529. The van der Waals surface area contributed by atoms with Crippen molar-refractivity contribution in [3.63, 3.8) is 0 Å². The number of esters is 1. The molecule has 0 unspecified atom stereocenters. The van der Waals surface area contributed by atoms with E-state index in [-0.39, 0.29) is 5.56 Å². The maximum atomic E-state index is 12.3. The van der Waals surface area contributed by atoms with Crippen molar-refractivity contribution in [2.75, 3.05) is 6.61 Å². The number of aryl methyl sites for hydroxylation is 1. The number of carbonyl (C=O) groups is 1. The van der Waals surface area contributed by atoms with Gasteiger partial charge in [0.2, 0.25) is 0 Å². The molecule has 2 aromatic heterocycles. The molecular formula is C12H12N2O3S. The summed E-state index contributed by atoms with van der Waals surface area (Å²) in [5.74, 6) is 0.381. The fraction of sp³-hybridized carbons (Fsp3) is 0.417. The van der Waals surface area contributed by atoms with E-state index in [1.807, 2.05) is 0 Å². The number of hydrogen-bond acceptors (Lipinski definition) is 5. The van der Waals surface area contributed by atoms with Crippen LogP contribution in [-0.2, 0) is 17.7 Å². The molecule has 0 atom stereocenters. The molecule has 0 N–H and O–H groups in total. The Balaban J connectivity index is 2.25. The molecule has 2 aromatic rings. The first-order valence-corrected chi connectivity index (χ1v) is 6.78. The Morgan fingerprint density at radius 1 is 1.61 bits per heavy atom. The van der Waals surface area contributed by atoms with Gasteiger partial charge in [-0.3, -0.25) is 9.36 Å². The van der Waals surface area contributed by atoms with Crippen molar-refractivity contribution in [3.05, 3.63) is 27.1 Å². The monoisotopic (exact) mass is 264 g/mol. The van der Waals surface area contributed by atoms with Crippen LogP contribution in [-0.4, -0.2) is 22.1 Å². The van der Waals surface area contributed by atoms with E-state index in [9.17, 15) is 9.59 Å². The Hall–Kier alpha value is -1.69. The van der Waals surface area contributed by atoms with Crippen molar-refractivity contribution in [3.8, 4) is 0 Å². The third-order valence-electron chi connectivity index (χ3n) is 3.05. The highest BCUT2D eigenvalue weighted by atomic mass is 32.1. The first kappa shape index (κ1) is 11.4. The molecule has 0 bridgehead atoms. The molecule has 0 aromatic carbocycles. The van der Waals surface area contributed by atoms with E-state index < -0.39 is 5.97 Å². The van der Waals surface area contributed by atoms with E-state index in [4.69, 9.17) is 4.74 Å². The van der Waals surface area contributed by atoms with E-state index in [1.54, 1.807) is 16.9 Å². The number of nitrogens with zero attached hydrogens (tertiary/aromatic N) is 2. The number of ether oxygens (including phenoxy) is 1. The van der Waals surface area contributed by atoms with Crippen LogP contribution < -0.4 is 5.56 Å². The molecule has 0 radical (unpaired) electrons. The predicted octanol–water partition coefficient (Wildman–Crippen LogP) is 1.58. The number of carbonyl (C=O) groups excluding carboxylic acids is 1. The number of rotatable bonds is 2. The number of hydrogen-bond donors (Lipinski definition) is 0. The third kappa shape index (κ3) is 1.56. The lowest BCUT2D eigenvalue weighted by atomic mass is 10.2. The molecule has 1 aliphatic rings. The van der Waals surface area contributed by atoms with E-state index >= 15 is 0 Å². The van der Waals surface area contributed by atoms with Gasteiger partial charge >= 0.3 is 5.97 Å². The largest absolute Gasteiger partial charge is 0.462 e. The van der Waals surface area contributed by atoms with Crippen LogP contribution in [0.4, 0.5) is 0 Å². The third-order valence-corrected chi connectivity index (χ3v) is 3.92. The van der Waals surface area contributed by atoms with Gasteiger partial charge in [0.05, 0.1) is 17.6 Å². The molecule has 0 amide bonds. The van der Waals surface area contributed by atoms with Crippen LogP contribution in [0.25, 0.3) is 10.2 Å². The fourth-order valence-electron chi connectivity index (χ4n) is 2.24. The van der Waals surface area contributed by atoms with Crippen molar-refractivity contribution in [2.24, 2.45) is 0 Å². The summed E-state index contributed by atoms with van der Waals surface area (Å²) < 4.78 is 6.63. The van der Waals surface area contributed by atoms with Gasteiger partial charge in [-0.1, -0.05) is 0 Å². The van der Waals surface area contributed by atoms with Crippen molar-refractivity contribution >= 4 is 27.5 Å². The van der Waals surface area contributed by atoms with Crippen LogP contribution in [0.5, 0.6) is 0 Å². The van der Waals surface area contributed by atoms with Crippen LogP contribution in [0, 0.1) is 0 Å². The molecule has 0 fully saturated rings. The average molecular weight is 264 g/mol. The molecule has 18 heavy (non-hydrogen) atoms. The molecule has 3 heterocycles. The fourth-order valence-corrected chi connectivity index (χ4v) is 3.16. The summed E-state index contributed by atoms with van der Waals surface area (Å²) in [6.07, 6.45) is 1.77. The Kier molecular flexibility index (Phi) is 2.66. The molecule has 0 spiro atoms. The quantitative estimate of drug-likeness (QED) is 0.773. The summed E-state index contributed by atoms with van der Waals surface area (Å²) in [5.41, 5.74) is 0.230. The number of fused-ring (bicyclic) bond motifs is 2. The van der Waals surface area contributed by atoms with Crippen molar-refractivity contribution in [2.45, 2.75) is 26.3 Å². The smallest absolute Gasteiger partial charge is 0.339 e. The molecule has 94 valence electrons. The van der Waals surface area contributed by atoms with Crippen LogP contribution in [0.1, 0.15) is 29.5 Å². The first-order valence-electron chi connectivity index (χ1n) is 5.90. The summed E-state index contributed by atoms with van der Waals surface area (Å²) in [6, 6.07) is 0. The molecule has 1 aliphatic heterocycles. The molecular weight excluding hydrogens is 252 g/mol. The van der Waals surface area contributed by atoms with Gasteiger partial charge in [-0.25, -0.2) is 9.78 Å². The highest BCUT2D eigenvalue weighted by Gasteiger charge is 2.22. The van der Waals surface area contributed by atoms with E-state index in [2.05, 4.69) is 4.98 Å². The zero-order valence-corrected chi connectivity index (χ0v) is 10.7. The number of aromatic nitrogens is 2. The summed E-state index contributed by atoms with van der Waals surface area (Å²) >= 11 is 1.32. The highest BCUT2D eigenvalue weighted by molar-refractivity contribution is 7.17. The van der Waals surface area contributed by atoms with E-state index in [0.717, 1.165) is 18.7 Å². The maximum Gasteiger partial charge on any atom is 0.339 e. The lowest BCUT2D eigenvalue weighted by Gasteiger charge is -2.03. The molecule has 3 rings (SSSR count). The zero-order valence-electron chi connectivity index (χ0n) is 9.93. The summed E-state index contributed by atoms with van der Waals surface area (Å²) in [4.78, 5) is 29.2. The topological polar surface area (TPSA) is 61.2 Å². The van der Waals surface area contributed by atoms with Crippen molar-refractivity contribution < 1.29 is 9.53 Å². The first-order chi connectivity index (χ1) is 8.72. The molecule has 0 aliphatic carbocycles. The second-order valence-corrected chi connectivity index (χ2v) is 5.00. The van der Waals surface area contributed by atoms with Crippen molar-refractivity contribution in [1.82, 2.24) is 9.55 Å². The maximum absolute atomic E-state index is 12.3. The van der Waals surface area contributed by atoms with Gasteiger partial charge in [0.15, 0.2) is 0 Å². The van der Waals surface area contributed by atoms with Crippen LogP contribution in [0.3, 0.4) is 0 Å². The van der Waals surface area contributed by atoms with Gasteiger partial charge in [0.1, 0.15) is 10.7 Å².